The predicted octanol–water partition coefficient (Wildman–Crippen LogP) is -4.51. The molecule has 20 heteroatoms. The molecular weight excluding hydrogens is 714 g/mol. The van der Waals surface area contributed by atoms with Crippen molar-refractivity contribution in [2.45, 2.75) is 118 Å². The van der Waals surface area contributed by atoms with Crippen molar-refractivity contribution < 1.29 is 93.5 Å². The van der Waals surface area contributed by atoms with E-state index in [2.05, 4.69) is 4.74 Å². The molecule has 15 atom stereocenters. The van der Waals surface area contributed by atoms with Crippen molar-refractivity contribution in [2.75, 3.05) is 33.5 Å². The van der Waals surface area contributed by atoms with Crippen LogP contribution in [0.5, 0.6) is 0 Å². The van der Waals surface area contributed by atoms with Crippen LogP contribution in [0, 0.1) is 0 Å². The van der Waals surface area contributed by atoms with Gasteiger partial charge in [-0.25, -0.2) is 0 Å². The van der Waals surface area contributed by atoms with Crippen molar-refractivity contribution in [3.05, 3.63) is 35.4 Å². The van der Waals surface area contributed by atoms with Gasteiger partial charge in [-0.15, -0.1) is 0 Å². The summed E-state index contributed by atoms with van der Waals surface area (Å²) in [6, 6.07) is 4.49. The lowest BCUT2D eigenvalue weighted by atomic mass is 9.95. The van der Waals surface area contributed by atoms with Crippen molar-refractivity contribution in [3.8, 4) is 0 Å². The summed E-state index contributed by atoms with van der Waals surface area (Å²) in [5.41, 5.74) is 0.159. The summed E-state index contributed by atoms with van der Waals surface area (Å²) in [4.78, 5) is 39.0. The summed E-state index contributed by atoms with van der Waals surface area (Å²) in [5.74, 6) is -1.87. The zero-order valence-electron chi connectivity index (χ0n) is 28.7. The summed E-state index contributed by atoms with van der Waals surface area (Å²) in [7, 11) is 1.27. The van der Waals surface area contributed by atoms with Gasteiger partial charge in [0.2, 0.25) is 0 Å². The van der Waals surface area contributed by atoms with E-state index in [1.54, 1.807) is 12.1 Å². The number of carbonyl (C=O) groups is 3. The first-order valence-corrected chi connectivity index (χ1v) is 17.2. The van der Waals surface area contributed by atoms with Gasteiger partial charge in [0.05, 0.1) is 38.1 Å². The number of hydrogen-bond donors (Lipinski definition) is 9. The fraction of sp³-hybridized carbons (Fsp3) is 0.727. The summed E-state index contributed by atoms with van der Waals surface area (Å²) in [6.07, 6.45) is -22.2. The molecule has 1 aromatic rings. The standard InChI is InChI=1S/C33H47NO19/c1-47-19(37)9-3-2-6-10-48-31-20(34-29(45)14-7-4-5-8-15(14)30(34)46)24(41)22(39)18(52-31)13-49-32-27(44)28(23(40)17(12-36)50-32)53-33-26(43)25(42)21(38)16(11-35)51-33/h4-5,7-8,16-18,20-28,31-33,35-36,38-44H,2-3,6,9-13H2,1H3/t16-,17-,18-,20-,21-,22-,23+,24-,25+,26-,27-,28+,31-,32-,33-/m1/s1. The van der Waals surface area contributed by atoms with E-state index < -0.39 is 124 Å². The largest absolute Gasteiger partial charge is 0.469 e. The van der Waals surface area contributed by atoms with Gasteiger partial charge in [0.1, 0.15) is 73.2 Å². The second kappa shape index (κ2) is 18.2. The van der Waals surface area contributed by atoms with E-state index in [9.17, 15) is 60.3 Å². The zero-order valence-corrected chi connectivity index (χ0v) is 28.7. The Hall–Kier alpha value is -2.77. The highest BCUT2D eigenvalue weighted by molar-refractivity contribution is 6.21. The molecule has 5 rings (SSSR count). The highest BCUT2D eigenvalue weighted by Crippen LogP contribution is 2.34. The van der Waals surface area contributed by atoms with Gasteiger partial charge in [0.15, 0.2) is 18.9 Å². The lowest BCUT2D eigenvalue weighted by Gasteiger charge is -2.47. The average Bonchev–Trinajstić information content (AvgIpc) is 3.41. The molecule has 0 aliphatic carbocycles. The Morgan fingerprint density at radius 3 is 1.89 bits per heavy atom. The fourth-order valence-corrected chi connectivity index (χ4v) is 6.67. The lowest BCUT2D eigenvalue weighted by molar-refractivity contribution is -0.364. The molecule has 0 aromatic heterocycles. The molecule has 4 heterocycles. The summed E-state index contributed by atoms with van der Waals surface area (Å²) < 4.78 is 38.7. The van der Waals surface area contributed by atoms with E-state index in [4.69, 9.17) is 28.4 Å². The van der Waals surface area contributed by atoms with Gasteiger partial charge in [-0.1, -0.05) is 18.6 Å². The van der Waals surface area contributed by atoms with E-state index in [0.29, 0.717) is 19.3 Å². The summed E-state index contributed by atoms with van der Waals surface area (Å²) >= 11 is 0. The third-order valence-electron chi connectivity index (χ3n) is 9.71. The molecule has 0 spiro atoms. The van der Waals surface area contributed by atoms with E-state index in [1.165, 1.54) is 19.2 Å². The maximum absolute atomic E-state index is 13.4. The smallest absolute Gasteiger partial charge is 0.305 e. The van der Waals surface area contributed by atoms with Gasteiger partial charge < -0.3 is 79.1 Å². The number of hydrogen-bond acceptors (Lipinski definition) is 19. The number of aliphatic hydroxyl groups excluding tert-OH is 9. The molecule has 4 aliphatic heterocycles. The zero-order chi connectivity index (χ0) is 38.6. The van der Waals surface area contributed by atoms with Crippen LogP contribution in [0.3, 0.4) is 0 Å². The second-order valence-electron chi connectivity index (χ2n) is 13.1. The van der Waals surface area contributed by atoms with Gasteiger partial charge in [-0.05, 0) is 25.0 Å². The van der Waals surface area contributed by atoms with Crippen LogP contribution in [0.25, 0.3) is 0 Å². The minimum Gasteiger partial charge on any atom is -0.469 e. The Morgan fingerprint density at radius 1 is 0.679 bits per heavy atom. The molecule has 0 unspecified atom stereocenters. The third kappa shape index (κ3) is 8.72. The fourth-order valence-electron chi connectivity index (χ4n) is 6.67. The Morgan fingerprint density at radius 2 is 1.26 bits per heavy atom. The number of unbranched alkanes of at least 4 members (excludes halogenated alkanes) is 2. The number of aliphatic hydroxyl groups is 9. The maximum Gasteiger partial charge on any atom is 0.305 e. The van der Waals surface area contributed by atoms with Crippen molar-refractivity contribution in [1.29, 1.82) is 0 Å². The first-order chi connectivity index (χ1) is 25.3. The van der Waals surface area contributed by atoms with Gasteiger partial charge in [-0.2, -0.15) is 0 Å². The number of methoxy groups -OCH3 is 1. The number of imide groups is 1. The maximum atomic E-state index is 13.4. The first-order valence-electron chi connectivity index (χ1n) is 17.2. The normalized spacial score (nSPS) is 38.9. The highest BCUT2D eigenvalue weighted by atomic mass is 16.7. The van der Waals surface area contributed by atoms with Gasteiger partial charge >= 0.3 is 5.97 Å². The molecule has 0 bridgehead atoms. The molecule has 9 N–H and O–H groups in total. The molecule has 53 heavy (non-hydrogen) atoms. The Kier molecular flexibility index (Phi) is 14.2. The number of rotatable bonds is 15. The van der Waals surface area contributed by atoms with Crippen LogP contribution in [0.1, 0.15) is 46.4 Å². The van der Waals surface area contributed by atoms with Crippen LogP contribution < -0.4 is 0 Å². The predicted molar refractivity (Wildman–Crippen MR) is 170 cm³/mol. The van der Waals surface area contributed by atoms with Gasteiger partial charge in [0.25, 0.3) is 11.8 Å². The third-order valence-corrected chi connectivity index (χ3v) is 9.71. The summed E-state index contributed by atoms with van der Waals surface area (Å²) in [6.45, 7) is -2.26. The lowest BCUT2D eigenvalue weighted by Crippen LogP contribution is -2.66. The monoisotopic (exact) mass is 761 g/mol. The average molecular weight is 762 g/mol. The van der Waals surface area contributed by atoms with Crippen LogP contribution in [0.15, 0.2) is 24.3 Å². The van der Waals surface area contributed by atoms with Crippen LogP contribution >= 0.6 is 0 Å². The minimum absolute atomic E-state index is 0.0145. The number of esters is 1. The number of nitrogens with zero attached hydrogens (tertiary/aromatic N) is 1. The molecular formula is C33H47NO19. The molecule has 1 aromatic carbocycles. The highest BCUT2D eigenvalue weighted by Gasteiger charge is 2.55. The van der Waals surface area contributed by atoms with Crippen molar-refractivity contribution >= 4 is 17.8 Å². The Bertz CT molecular complexity index is 1360. The SMILES string of the molecule is COC(=O)CCCCCO[C@@H]1O[C@H](CO[C@@H]2O[C@H](CO)[C@H](O)[C@H](O[C@H]3O[C@H](CO)[C@@H](O)[C@H](O)[C@H]3O)[C@H]2O)[C@@H](O)[C@H](O)[C@H]1N1C(=O)c2ccccc2C1=O. The molecule has 3 saturated heterocycles. The van der Waals surface area contributed by atoms with E-state index in [0.717, 1.165) is 4.90 Å². The van der Waals surface area contributed by atoms with Crippen LogP contribution in [0.2, 0.25) is 0 Å². The number of fused-ring (bicyclic) bond motifs is 1. The molecule has 0 saturated carbocycles. The van der Waals surface area contributed by atoms with E-state index in [1.807, 2.05) is 0 Å². The van der Waals surface area contributed by atoms with Crippen molar-refractivity contribution in [1.82, 2.24) is 4.90 Å². The Labute approximate surface area is 302 Å². The van der Waals surface area contributed by atoms with Gasteiger partial charge in [0, 0.05) is 13.0 Å². The molecule has 298 valence electrons. The number of ether oxygens (including phenoxy) is 7. The topological polar surface area (TPSA) is 301 Å². The number of benzene rings is 1. The Balaban J connectivity index is 1.29. The molecule has 20 nitrogen and oxygen atoms in total. The molecule has 0 radical (unpaired) electrons. The van der Waals surface area contributed by atoms with E-state index in [-0.39, 0.29) is 30.1 Å². The van der Waals surface area contributed by atoms with Crippen LogP contribution in [-0.4, -0.2) is 194 Å². The quantitative estimate of drug-likeness (QED) is 0.0462. The van der Waals surface area contributed by atoms with Crippen LogP contribution in [-0.2, 0) is 38.0 Å². The summed E-state index contributed by atoms with van der Waals surface area (Å²) in [5, 5.41) is 94.6. The second-order valence-corrected chi connectivity index (χ2v) is 13.1. The molecule has 4 aliphatic rings. The van der Waals surface area contributed by atoms with Crippen molar-refractivity contribution in [3.63, 3.8) is 0 Å². The molecule has 3 fully saturated rings. The van der Waals surface area contributed by atoms with E-state index >= 15 is 0 Å². The number of carbonyl (C=O) groups excluding carboxylic acids is 3. The molecule has 2 amide bonds. The minimum atomic E-state index is -1.89. The van der Waals surface area contributed by atoms with Gasteiger partial charge in [-0.3, -0.25) is 19.3 Å². The van der Waals surface area contributed by atoms with Crippen LogP contribution in [0.4, 0.5) is 0 Å². The number of amides is 2. The van der Waals surface area contributed by atoms with Crippen molar-refractivity contribution in [2.24, 2.45) is 0 Å². The first kappa shape index (κ1) is 41.4.